The van der Waals surface area contributed by atoms with Crippen LogP contribution in [-0.2, 0) is 9.59 Å². The maximum atomic E-state index is 13.5. The Morgan fingerprint density at radius 2 is 1.22 bits per heavy atom. The van der Waals surface area contributed by atoms with Gasteiger partial charge >= 0.3 is 6.03 Å². The summed E-state index contributed by atoms with van der Waals surface area (Å²) in [5.41, 5.74) is 6.09. The Bertz CT molecular complexity index is 1760. The molecule has 2 aromatic heterocycles. The summed E-state index contributed by atoms with van der Waals surface area (Å²) in [7, 11) is 1.55. The summed E-state index contributed by atoms with van der Waals surface area (Å²) >= 11 is 0. The molecule has 2 aliphatic heterocycles. The predicted molar refractivity (Wildman–Crippen MR) is 190 cm³/mol. The number of imidazole rings is 2. The minimum absolute atomic E-state index is 0.0122. The molecular formula is C38H48N8O3. The van der Waals surface area contributed by atoms with Crippen LogP contribution < -0.4 is 10.6 Å². The molecular weight excluding hydrogens is 616 g/mol. The minimum atomic E-state index is -0.609. The first kappa shape index (κ1) is 34.0. The van der Waals surface area contributed by atoms with Crippen molar-refractivity contribution in [3.05, 3.63) is 72.6 Å². The van der Waals surface area contributed by atoms with Gasteiger partial charge in [-0.2, -0.15) is 0 Å². The molecule has 11 heteroatoms. The molecule has 49 heavy (non-hydrogen) atoms. The van der Waals surface area contributed by atoms with Gasteiger partial charge in [-0.05, 0) is 59.8 Å². The molecule has 4 amide bonds. The quantitative estimate of drug-likeness (QED) is 0.154. The average Bonchev–Trinajstić information content (AvgIpc) is 3.93. The van der Waals surface area contributed by atoms with Crippen molar-refractivity contribution >= 4 is 17.8 Å². The standard InChI is InChI=1S/C38H48N8O3/c1-23(2)20-33(47)45-18-6-8-31(45)35-40-21-29(42-35)27-14-10-25(11-15-27)26-12-16-28(17-13-26)30-22-41-36(43-30)32-9-7-19-46(32)37(48)34(24(3)4)44-38(49)39-5/h10-17,21-24,31-32,34H,6-9,18-20H2,1-5H3,(H,40,42)(H,41,43)(H2,39,44,49)/t31-,32-,34-/m0/s1. The summed E-state index contributed by atoms with van der Waals surface area (Å²) in [4.78, 5) is 58.5. The van der Waals surface area contributed by atoms with Crippen LogP contribution in [0.5, 0.6) is 0 Å². The van der Waals surface area contributed by atoms with Gasteiger partial charge in [-0.25, -0.2) is 14.8 Å². The van der Waals surface area contributed by atoms with Gasteiger partial charge in [0.15, 0.2) is 0 Å². The molecule has 0 bridgehead atoms. The molecule has 4 aromatic rings. The largest absolute Gasteiger partial charge is 0.341 e. The van der Waals surface area contributed by atoms with Gasteiger partial charge in [0.1, 0.15) is 17.7 Å². The van der Waals surface area contributed by atoms with Crippen LogP contribution in [0.4, 0.5) is 4.79 Å². The molecule has 0 unspecified atom stereocenters. The molecule has 4 heterocycles. The summed E-state index contributed by atoms with van der Waals surface area (Å²) in [5.74, 6) is 2.02. The lowest BCUT2D eigenvalue weighted by Crippen LogP contribution is -2.53. The molecule has 2 fully saturated rings. The number of benzene rings is 2. The third-order valence-electron chi connectivity index (χ3n) is 9.69. The van der Waals surface area contributed by atoms with E-state index in [1.54, 1.807) is 7.05 Å². The van der Waals surface area contributed by atoms with Crippen LogP contribution in [0.1, 0.15) is 83.5 Å². The van der Waals surface area contributed by atoms with E-state index in [0.29, 0.717) is 18.9 Å². The first-order chi connectivity index (χ1) is 23.6. The number of hydrogen-bond acceptors (Lipinski definition) is 5. The summed E-state index contributed by atoms with van der Waals surface area (Å²) in [6, 6.07) is 15.7. The molecule has 11 nitrogen and oxygen atoms in total. The lowest BCUT2D eigenvalue weighted by atomic mass is 10.0. The van der Waals surface area contributed by atoms with E-state index >= 15 is 0 Å². The highest BCUT2D eigenvalue weighted by Crippen LogP contribution is 2.35. The number of carbonyl (C=O) groups is 3. The molecule has 4 N–H and O–H groups in total. The van der Waals surface area contributed by atoms with Crippen LogP contribution in [0.25, 0.3) is 33.6 Å². The number of amides is 4. The van der Waals surface area contributed by atoms with Gasteiger partial charge in [0.05, 0.1) is 35.9 Å². The van der Waals surface area contributed by atoms with Gasteiger partial charge in [0, 0.05) is 26.6 Å². The second-order valence-corrected chi connectivity index (χ2v) is 14.0. The van der Waals surface area contributed by atoms with Gasteiger partial charge in [-0.15, -0.1) is 0 Å². The average molecular weight is 665 g/mol. The van der Waals surface area contributed by atoms with Crippen LogP contribution in [0.2, 0.25) is 0 Å². The van der Waals surface area contributed by atoms with Crippen molar-refractivity contribution in [3.63, 3.8) is 0 Å². The number of nitrogens with one attached hydrogen (secondary N) is 4. The number of aromatic amines is 2. The second-order valence-electron chi connectivity index (χ2n) is 14.0. The Labute approximate surface area is 288 Å². The van der Waals surface area contributed by atoms with Gasteiger partial charge in [0.2, 0.25) is 11.8 Å². The van der Waals surface area contributed by atoms with Crippen LogP contribution in [-0.4, -0.2) is 73.8 Å². The summed E-state index contributed by atoms with van der Waals surface area (Å²) in [6.45, 7) is 9.45. The molecule has 3 atom stereocenters. The van der Waals surface area contributed by atoms with Crippen molar-refractivity contribution in [1.82, 2.24) is 40.4 Å². The van der Waals surface area contributed by atoms with E-state index in [0.717, 1.165) is 77.5 Å². The first-order valence-corrected chi connectivity index (χ1v) is 17.5. The van der Waals surface area contributed by atoms with Gasteiger partial charge in [0.25, 0.3) is 0 Å². The highest BCUT2D eigenvalue weighted by Gasteiger charge is 2.37. The molecule has 258 valence electrons. The number of aromatic nitrogens is 4. The smallest absolute Gasteiger partial charge is 0.315 e. The van der Waals surface area contributed by atoms with E-state index in [1.807, 2.05) is 36.0 Å². The second kappa shape index (κ2) is 14.7. The zero-order valence-electron chi connectivity index (χ0n) is 29.1. The monoisotopic (exact) mass is 664 g/mol. The van der Waals surface area contributed by atoms with Crippen molar-refractivity contribution in [2.45, 2.75) is 77.9 Å². The number of nitrogens with zero attached hydrogens (tertiary/aromatic N) is 4. The number of rotatable bonds is 10. The minimum Gasteiger partial charge on any atom is -0.341 e. The van der Waals surface area contributed by atoms with Crippen LogP contribution in [0, 0.1) is 11.8 Å². The molecule has 2 saturated heterocycles. The number of H-pyrrole nitrogens is 2. The van der Waals surface area contributed by atoms with E-state index < -0.39 is 6.04 Å². The lowest BCUT2D eigenvalue weighted by molar-refractivity contribution is -0.135. The number of hydrogen-bond donors (Lipinski definition) is 4. The number of carbonyl (C=O) groups excluding carboxylic acids is 3. The fraction of sp³-hybridized carbons (Fsp3) is 0.447. The zero-order chi connectivity index (χ0) is 34.7. The summed E-state index contributed by atoms with van der Waals surface area (Å²) in [5, 5.41) is 5.36. The van der Waals surface area contributed by atoms with E-state index in [4.69, 9.17) is 0 Å². The number of urea groups is 1. The third kappa shape index (κ3) is 7.40. The van der Waals surface area contributed by atoms with E-state index in [1.165, 1.54) is 0 Å². The maximum Gasteiger partial charge on any atom is 0.315 e. The fourth-order valence-corrected chi connectivity index (χ4v) is 7.03. The molecule has 6 rings (SSSR count). The molecule has 0 radical (unpaired) electrons. The van der Waals surface area contributed by atoms with Crippen LogP contribution >= 0.6 is 0 Å². The van der Waals surface area contributed by atoms with Crippen molar-refractivity contribution < 1.29 is 14.4 Å². The van der Waals surface area contributed by atoms with Crippen molar-refractivity contribution in [3.8, 4) is 33.6 Å². The molecule has 2 aromatic carbocycles. The van der Waals surface area contributed by atoms with Gasteiger partial charge < -0.3 is 30.4 Å². The number of likely N-dealkylation sites (tertiary alicyclic amines) is 2. The van der Waals surface area contributed by atoms with Gasteiger partial charge in [-0.3, -0.25) is 9.59 Å². The highest BCUT2D eigenvalue weighted by atomic mass is 16.2. The van der Waals surface area contributed by atoms with Crippen molar-refractivity contribution in [2.75, 3.05) is 20.1 Å². The molecule has 0 spiro atoms. The lowest BCUT2D eigenvalue weighted by Gasteiger charge is -2.30. The van der Waals surface area contributed by atoms with E-state index in [9.17, 15) is 14.4 Å². The highest BCUT2D eigenvalue weighted by molar-refractivity contribution is 5.87. The Morgan fingerprint density at radius 1 is 0.755 bits per heavy atom. The molecule has 0 aliphatic carbocycles. The van der Waals surface area contributed by atoms with E-state index in [2.05, 4.69) is 92.9 Å². The van der Waals surface area contributed by atoms with Crippen molar-refractivity contribution in [2.24, 2.45) is 11.8 Å². The molecule has 2 aliphatic rings. The normalized spacial score (nSPS) is 18.3. The zero-order valence-corrected chi connectivity index (χ0v) is 29.1. The van der Waals surface area contributed by atoms with Crippen LogP contribution in [0.3, 0.4) is 0 Å². The summed E-state index contributed by atoms with van der Waals surface area (Å²) in [6.07, 6.45) is 7.88. The predicted octanol–water partition coefficient (Wildman–Crippen LogP) is 6.46. The Balaban J connectivity index is 1.11. The SMILES string of the molecule is CNC(=O)N[C@H](C(=O)N1CCC[C@H]1c1ncc(-c2ccc(-c3ccc(-c4cnc([C@@H]5CCCN5C(=O)CC(C)C)[nH]4)cc3)cc2)[nH]1)C(C)C. The summed E-state index contributed by atoms with van der Waals surface area (Å²) < 4.78 is 0. The van der Waals surface area contributed by atoms with Crippen LogP contribution in [0.15, 0.2) is 60.9 Å². The first-order valence-electron chi connectivity index (χ1n) is 17.5. The topological polar surface area (TPSA) is 139 Å². The van der Waals surface area contributed by atoms with E-state index in [-0.39, 0.29) is 35.8 Å². The fourth-order valence-electron chi connectivity index (χ4n) is 7.03. The Kier molecular flexibility index (Phi) is 10.2. The maximum absolute atomic E-state index is 13.5. The Morgan fingerprint density at radius 3 is 1.69 bits per heavy atom. The third-order valence-corrected chi connectivity index (χ3v) is 9.69. The van der Waals surface area contributed by atoms with Gasteiger partial charge in [-0.1, -0.05) is 76.2 Å². The molecule has 0 saturated carbocycles. The van der Waals surface area contributed by atoms with Crippen molar-refractivity contribution in [1.29, 1.82) is 0 Å². The Hall–Kier alpha value is -4.93.